The molecule has 1 atom stereocenters. The molecule has 1 fully saturated rings. The summed E-state index contributed by atoms with van der Waals surface area (Å²) in [5.74, 6) is 1.07. The first-order valence-electron chi connectivity index (χ1n) is 7.75. The van der Waals surface area contributed by atoms with Crippen LogP contribution in [-0.2, 0) is 23.0 Å². The number of para-hydroxylation sites is 2. The molecule has 1 aliphatic rings. The van der Waals surface area contributed by atoms with E-state index in [4.69, 9.17) is 4.74 Å². The molecular weight excluding hydrogens is 351 g/mol. The van der Waals surface area contributed by atoms with Crippen LogP contribution in [0.3, 0.4) is 0 Å². The Morgan fingerprint density at radius 1 is 1.42 bits per heavy atom. The number of imidazole rings is 1. The van der Waals surface area contributed by atoms with E-state index in [0.29, 0.717) is 19.8 Å². The Morgan fingerprint density at radius 3 is 2.92 bits per heavy atom. The molecule has 2 aromatic rings. The van der Waals surface area contributed by atoms with Crippen LogP contribution in [0.2, 0.25) is 0 Å². The quantitative estimate of drug-likeness (QED) is 0.777. The van der Waals surface area contributed by atoms with Crippen LogP contribution in [-0.4, -0.2) is 47.8 Å². The zero-order valence-electron chi connectivity index (χ0n) is 13.7. The Labute approximate surface area is 154 Å². The van der Waals surface area contributed by atoms with Gasteiger partial charge in [-0.2, -0.15) is 0 Å². The second kappa shape index (κ2) is 9.84. The van der Waals surface area contributed by atoms with Gasteiger partial charge in [0.15, 0.2) is 0 Å². The standard InChI is InChI=1S/C16H22N4O2.2ClH/c1-20-14-6-3-2-5-12(14)19-15(20)7-4-8-18-16(21)13-11-22-10-9-17-13;;/h2-3,5-6,13,17H,4,7-11H2,1H3,(H,18,21);2*1H. The largest absolute Gasteiger partial charge is 0.378 e. The maximum absolute atomic E-state index is 11.9. The van der Waals surface area contributed by atoms with Crippen molar-refractivity contribution >= 4 is 41.8 Å². The lowest BCUT2D eigenvalue weighted by Crippen LogP contribution is -2.51. The number of halogens is 2. The molecule has 24 heavy (non-hydrogen) atoms. The van der Waals surface area contributed by atoms with Crippen molar-refractivity contribution in [3.05, 3.63) is 30.1 Å². The van der Waals surface area contributed by atoms with Gasteiger partial charge < -0.3 is 19.9 Å². The average molecular weight is 375 g/mol. The summed E-state index contributed by atoms with van der Waals surface area (Å²) in [6.45, 7) is 2.52. The molecule has 0 spiro atoms. The van der Waals surface area contributed by atoms with Crippen molar-refractivity contribution in [2.75, 3.05) is 26.3 Å². The minimum Gasteiger partial charge on any atom is -0.378 e. The number of fused-ring (bicyclic) bond motifs is 1. The van der Waals surface area contributed by atoms with Crippen LogP contribution in [0.25, 0.3) is 11.0 Å². The van der Waals surface area contributed by atoms with Crippen LogP contribution in [0, 0.1) is 0 Å². The van der Waals surface area contributed by atoms with Gasteiger partial charge in [-0.1, -0.05) is 12.1 Å². The Kier molecular flexibility index (Phi) is 8.48. The Balaban J connectivity index is 0.00000144. The lowest BCUT2D eigenvalue weighted by molar-refractivity contribution is -0.125. The van der Waals surface area contributed by atoms with E-state index in [1.807, 2.05) is 25.2 Å². The molecule has 0 bridgehead atoms. The van der Waals surface area contributed by atoms with E-state index < -0.39 is 0 Å². The first-order chi connectivity index (χ1) is 10.8. The number of amides is 1. The number of hydrogen-bond donors (Lipinski definition) is 2. The second-order valence-corrected chi connectivity index (χ2v) is 5.55. The van der Waals surface area contributed by atoms with Crippen molar-refractivity contribution in [1.82, 2.24) is 20.2 Å². The highest BCUT2D eigenvalue weighted by Gasteiger charge is 2.20. The predicted octanol–water partition coefficient (Wildman–Crippen LogP) is 1.45. The van der Waals surface area contributed by atoms with Gasteiger partial charge in [-0.25, -0.2) is 4.98 Å². The smallest absolute Gasteiger partial charge is 0.239 e. The van der Waals surface area contributed by atoms with E-state index in [2.05, 4.69) is 26.3 Å². The highest BCUT2D eigenvalue weighted by Crippen LogP contribution is 2.14. The summed E-state index contributed by atoms with van der Waals surface area (Å²) in [6, 6.07) is 7.90. The SMILES string of the molecule is Cl.Cl.Cn1c(CCCNC(=O)C2COCCN2)nc2ccccc21. The first-order valence-corrected chi connectivity index (χ1v) is 7.75. The van der Waals surface area contributed by atoms with E-state index in [-0.39, 0.29) is 36.8 Å². The van der Waals surface area contributed by atoms with Crippen molar-refractivity contribution < 1.29 is 9.53 Å². The molecule has 0 aliphatic carbocycles. The molecule has 3 rings (SSSR count). The Bertz CT molecular complexity index is 657. The number of aryl methyl sites for hydroxylation is 2. The number of ether oxygens (including phenoxy) is 1. The normalized spacial score (nSPS) is 17.0. The van der Waals surface area contributed by atoms with E-state index in [9.17, 15) is 4.79 Å². The summed E-state index contributed by atoms with van der Waals surface area (Å²) in [7, 11) is 2.03. The van der Waals surface area contributed by atoms with Gasteiger partial charge in [-0.3, -0.25) is 4.79 Å². The number of morpholine rings is 1. The van der Waals surface area contributed by atoms with Crippen LogP contribution in [0.15, 0.2) is 24.3 Å². The topological polar surface area (TPSA) is 68.2 Å². The molecule has 1 unspecified atom stereocenters. The van der Waals surface area contributed by atoms with Crippen molar-refractivity contribution in [2.45, 2.75) is 18.9 Å². The molecule has 2 N–H and O–H groups in total. The molecule has 8 heteroatoms. The zero-order valence-corrected chi connectivity index (χ0v) is 15.3. The van der Waals surface area contributed by atoms with Gasteiger partial charge in [0.1, 0.15) is 11.9 Å². The van der Waals surface area contributed by atoms with Crippen molar-refractivity contribution in [3.8, 4) is 0 Å². The molecule has 1 aromatic carbocycles. The van der Waals surface area contributed by atoms with Gasteiger partial charge in [0.05, 0.1) is 24.2 Å². The third kappa shape index (κ3) is 4.83. The lowest BCUT2D eigenvalue weighted by atomic mass is 10.2. The summed E-state index contributed by atoms with van der Waals surface area (Å²) in [6.07, 6.45) is 1.72. The van der Waals surface area contributed by atoms with Crippen LogP contribution < -0.4 is 10.6 Å². The van der Waals surface area contributed by atoms with Gasteiger partial charge in [-0.05, 0) is 18.6 Å². The van der Waals surface area contributed by atoms with Gasteiger partial charge >= 0.3 is 0 Å². The number of carbonyl (C=O) groups is 1. The van der Waals surface area contributed by atoms with E-state index in [1.165, 1.54) is 0 Å². The summed E-state index contributed by atoms with van der Waals surface area (Å²) in [5.41, 5.74) is 2.16. The number of rotatable bonds is 5. The second-order valence-electron chi connectivity index (χ2n) is 5.55. The van der Waals surface area contributed by atoms with Gasteiger partial charge in [0, 0.05) is 26.6 Å². The zero-order chi connectivity index (χ0) is 15.4. The predicted molar refractivity (Wildman–Crippen MR) is 99.2 cm³/mol. The minimum absolute atomic E-state index is 0. The maximum Gasteiger partial charge on any atom is 0.239 e. The molecule has 2 heterocycles. The highest BCUT2D eigenvalue weighted by molar-refractivity contribution is 5.85. The number of nitrogens with zero attached hydrogens (tertiary/aromatic N) is 2. The van der Waals surface area contributed by atoms with Gasteiger partial charge in [0.25, 0.3) is 0 Å². The fraction of sp³-hybridized carbons (Fsp3) is 0.500. The fourth-order valence-corrected chi connectivity index (χ4v) is 2.73. The number of carbonyl (C=O) groups excluding carboxylic acids is 1. The van der Waals surface area contributed by atoms with Crippen LogP contribution in [0.4, 0.5) is 0 Å². The van der Waals surface area contributed by atoms with Crippen molar-refractivity contribution in [2.24, 2.45) is 7.05 Å². The van der Waals surface area contributed by atoms with Gasteiger partial charge in [0.2, 0.25) is 5.91 Å². The molecule has 134 valence electrons. The third-order valence-electron chi connectivity index (χ3n) is 3.99. The average Bonchev–Trinajstić information content (AvgIpc) is 2.89. The highest BCUT2D eigenvalue weighted by atomic mass is 35.5. The summed E-state index contributed by atoms with van der Waals surface area (Å²) >= 11 is 0. The van der Waals surface area contributed by atoms with Crippen LogP contribution in [0.1, 0.15) is 12.2 Å². The lowest BCUT2D eigenvalue weighted by Gasteiger charge is -2.22. The summed E-state index contributed by atoms with van der Waals surface area (Å²) in [4.78, 5) is 16.6. The third-order valence-corrected chi connectivity index (χ3v) is 3.99. The number of nitrogens with one attached hydrogen (secondary N) is 2. The molecule has 1 aliphatic heterocycles. The Hall–Kier alpha value is -1.34. The van der Waals surface area contributed by atoms with E-state index in [1.54, 1.807) is 0 Å². The molecular formula is C16H24Cl2N4O2. The fourth-order valence-electron chi connectivity index (χ4n) is 2.73. The van der Waals surface area contributed by atoms with Crippen molar-refractivity contribution in [1.29, 1.82) is 0 Å². The molecule has 1 amide bonds. The number of hydrogen-bond acceptors (Lipinski definition) is 4. The van der Waals surface area contributed by atoms with Crippen LogP contribution >= 0.6 is 24.8 Å². The Morgan fingerprint density at radius 2 is 2.21 bits per heavy atom. The molecule has 0 radical (unpaired) electrons. The molecule has 1 aromatic heterocycles. The molecule has 1 saturated heterocycles. The number of aromatic nitrogens is 2. The monoisotopic (exact) mass is 374 g/mol. The minimum atomic E-state index is -0.218. The summed E-state index contributed by atoms with van der Waals surface area (Å²) < 4.78 is 7.41. The molecule has 6 nitrogen and oxygen atoms in total. The van der Waals surface area contributed by atoms with Crippen LogP contribution in [0.5, 0.6) is 0 Å². The summed E-state index contributed by atoms with van der Waals surface area (Å²) in [5, 5.41) is 6.11. The van der Waals surface area contributed by atoms with Gasteiger partial charge in [-0.15, -0.1) is 24.8 Å². The van der Waals surface area contributed by atoms with Crippen molar-refractivity contribution in [3.63, 3.8) is 0 Å². The first kappa shape index (κ1) is 20.7. The van der Waals surface area contributed by atoms with E-state index >= 15 is 0 Å². The number of benzene rings is 1. The van der Waals surface area contributed by atoms with E-state index in [0.717, 1.165) is 36.2 Å². The maximum atomic E-state index is 11.9. The molecule has 0 saturated carbocycles.